The third-order valence-corrected chi connectivity index (χ3v) is 5.83. The highest BCUT2D eigenvalue weighted by atomic mass is 35.5. The topological polar surface area (TPSA) is 45.6 Å². The van der Waals surface area contributed by atoms with Gasteiger partial charge < -0.3 is 9.84 Å². The van der Waals surface area contributed by atoms with Crippen LogP contribution in [0.5, 0.6) is 5.75 Å². The fourth-order valence-electron chi connectivity index (χ4n) is 3.91. The van der Waals surface area contributed by atoms with Gasteiger partial charge in [0.25, 0.3) is 0 Å². The SMILES string of the molecule is OC[C@]12COc3ccccc3[C@H]1CN(Cc1c(Cl)cncc1Cl)C2. The van der Waals surface area contributed by atoms with Gasteiger partial charge in [0.05, 0.1) is 23.3 Å². The second-order valence-corrected chi connectivity index (χ2v) is 7.47. The molecule has 24 heavy (non-hydrogen) atoms. The van der Waals surface area contributed by atoms with Crippen LogP contribution >= 0.6 is 23.2 Å². The van der Waals surface area contributed by atoms with Crippen LogP contribution in [0.25, 0.3) is 0 Å². The molecule has 126 valence electrons. The maximum absolute atomic E-state index is 10.1. The van der Waals surface area contributed by atoms with Crippen molar-refractivity contribution in [2.45, 2.75) is 12.5 Å². The van der Waals surface area contributed by atoms with E-state index < -0.39 is 0 Å². The van der Waals surface area contributed by atoms with E-state index in [9.17, 15) is 5.11 Å². The third-order valence-electron chi connectivity index (χ3n) is 5.18. The molecule has 4 rings (SSSR count). The Morgan fingerprint density at radius 2 is 2.00 bits per heavy atom. The first-order chi connectivity index (χ1) is 11.6. The molecule has 0 bridgehead atoms. The van der Waals surface area contributed by atoms with Crippen LogP contribution in [0.4, 0.5) is 0 Å². The first-order valence-corrected chi connectivity index (χ1v) is 8.71. The number of hydrogen-bond acceptors (Lipinski definition) is 4. The molecule has 2 aromatic rings. The zero-order valence-corrected chi connectivity index (χ0v) is 14.6. The molecule has 2 aliphatic rings. The summed E-state index contributed by atoms with van der Waals surface area (Å²) in [4.78, 5) is 6.30. The molecule has 1 saturated heterocycles. The molecule has 0 saturated carbocycles. The quantitative estimate of drug-likeness (QED) is 0.906. The average Bonchev–Trinajstić information content (AvgIpc) is 2.98. The first-order valence-electron chi connectivity index (χ1n) is 7.96. The molecule has 0 amide bonds. The van der Waals surface area contributed by atoms with E-state index in [-0.39, 0.29) is 17.9 Å². The Hall–Kier alpha value is -1.33. The number of aromatic nitrogens is 1. The number of aliphatic hydroxyl groups is 1. The number of hydrogen-bond donors (Lipinski definition) is 1. The highest BCUT2D eigenvalue weighted by molar-refractivity contribution is 6.35. The number of benzene rings is 1. The minimum absolute atomic E-state index is 0.0975. The van der Waals surface area contributed by atoms with E-state index in [4.69, 9.17) is 27.9 Å². The van der Waals surface area contributed by atoms with Crippen molar-refractivity contribution in [2.75, 3.05) is 26.3 Å². The number of fused-ring (bicyclic) bond motifs is 3. The molecule has 1 aromatic heterocycles. The van der Waals surface area contributed by atoms with E-state index >= 15 is 0 Å². The Balaban J connectivity index is 1.64. The molecule has 1 N–H and O–H groups in total. The zero-order chi connectivity index (χ0) is 16.7. The number of pyridine rings is 1. The fraction of sp³-hybridized carbons (Fsp3) is 0.389. The van der Waals surface area contributed by atoms with E-state index in [0.717, 1.165) is 24.4 Å². The molecular weight excluding hydrogens is 347 g/mol. The van der Waals surface area contributed by atoms with Crippen LogP contribution in [-0.4, -0.2) is 41.3 Å². The molecule has 0 aliphatic carbocycles. The van der Waals surface area contributed by atoms with Gasteiger partial charge in [-0.25, -0.2) is 0 Å². The molecule has 3 heterocycles. The Kier molecular flexibility index (Phi) is 4.17. The van der Waals surface area contributed by atoms with Gasteiger partial charge in [-0.2, -0.15) is 0 Å². The van der Waals surface area contributed by atoms with Crippen molar-refractivity contribution in [3.8, 4) is 5.75 Å². The number of aliphatic hydroxyl groups excluding tert-OH is 1. The monoisotopic (exact) mass is 364 g/mol. The van der Waals surface area contributed by atoms with Crippen molar-refractivity contribution >= 4 is 23.2 Å². The molecule has 1 fully saturated rings. The van der Waals surface area contributed by atoms with Crippen LogP contribution in [0, 0.1) is 5.41 Å². The predicted octanol–water partition coefficient (Wildman–Crippen LogP) is 3.36. The molecule has 0 radical (unpaired) electrons. The maximum atomic E-state index is 10.1. The summed E-state index contributed by atoms with van der Waals surface area (Å²) in [6, 6.07) is 8.10. The number of para-hydroxylation sites is 1. The second kappa shape index (κ2) is 6.19. The minimum atomic E-state index is -0.277. The predicted molar refractivity (Wildman–Crippen MR) is 93.7 cm³/mol. The highest BCUT2D eigenvalue weighted by Gasteiger charge is 2.50. The lowest BCUT2D eigenvalue weighted by Gasteiger charge is -2.38. The van der Waals surface area contributed by atoms with Crippen molar-refractivity contribution in [1.82, 2.24) is 9.88 Å². The third kappa shape index (κ3) is 2.58. The number of likely N-dealkylation sites (tertiary alicyclic amines) is 1. The van der Waals surface area contributed by atoms with E-state index in [1.54, 1.807) is 12.4 Å². The lowest BCUT2D eigenvalue weighted by atomic mass is 9.74. The summed E-state index contributed by atoms with van der Waals surface area (Å²) >= 11 is 12.5. The molecule has 2 atom stereocenters. The van der Waals surface area contributed by atoms with Gasteiger partial charge in [0, 0.05) is 48.9 Å². The summed E-state index contributed by atoms with van der Waals surface area (Å²) in [6.45, 7) is 2.85. The van der Waals surface area contributed by atoms with Gasteiger partial charge >= 0.3 is 0 Å². The lowest BCUT2D eigenvalue weighted by molar-refractivity contribution is 0.0457. The van der Waals surface area contributed by atoms with E-state index in [0.29, 0.717) is 23.2 Å². The lowest BCUT2D eigenvalue weighted by Crippen LogP contribution is -2.42. The zero-order valence-electron chi connectivity index (χ0n) is 13.1. The van der Waals surface area contributed by atoms with Gasteiger partial charge in [-0.15, -0.1) is 0 Å². The largest absolute Gasteiger partial charge is 0.493 e. The number of ether oxygens (including phenoxy) is 1. The van der Waals surface area contributed by atoms with Crippen molar-refractivity contribution in [3.63, 3.8) is 0 Å². The molecule has 0 spiro atoms. The summed E-state index contributed by atoms with van der Waals surface area (Å²) < 4.78 is 5.93. The average molecular weight is 365 g/mol. The molecular formula is C18H18Cl2N2O2. The van der Waals surface area contributed by atoms with Gasteiger partial charge in [0.15, 0.2) is 0 Å². The van der Waals surface area contributed by atoms with Crippen LogP contribution in [0.2, 0.25) is 10.0 Å². The van der Waals surface area contributed by atoms with Crippen molar-refractivity contribution in [1.29, 1.82) is 0 Å². The maximum Gasteiger partial charge on any atom is 0.122 e. The molecule has 1 aromatic carbocycles. The normalized spacial score (nSPS) is 25.9. The molecule has 6 heteroatoms. The number of halogens is 2. The van der Waals surface area contributed by atoms with Gasteiger partial charge in [-0.1, -0.05) is 41.4 Å². The highest BCUT2D eigenvalue weighted by Crippen LogP contribution is 2.49. The molecule has 2 aliphatic heterocycles. The molecule has 0 unspecified atom stereocenters. The Morgan fingerprint density at radius 3 is 2.75 bits per heavy atom. The minimum Gasteiger partial charge on any atom is -0.493 e. The summed E-state index contributed by atoms with van der Waals surface area (Å²) in [5.74, 6) is 1.17. The first kappa shape index (κ1) is 16.2. The van der Waals surface area contributed by atoms with Crippen LogP contribution < -0.4 is 4.74 Å². The van der Waals surface area contributed by atoms with Gasteiger partial charge in [0.1, 0.15) is 5.75 Å². The van der Waals surface area contributed by atoms with Crippen molar-refractivity contribution in [3.05, 3.63) is 57.8 Å². The van der Waals surface area contributed by atoms with E-state index in [1.807, 2.05) is 18.2 Å². The summed E-state index contributed by atoms with van der Waals surface area (Å²) in [5.41, 5.74) is 1.78. The molecule has 4 nitrogen and oxygen atoms in total. The van der Waals surface area contributed by atoms with Gasteiger partial charge in [-0.05, 0) is 11.6 Å². The van der Waals surface area contributed by atoms with E-state index in [1.165, 1.54) is 5.56 Å². The van der Waals surface area contributed by atoms with Crippen LogP contribution in [0.1, 0.15) is 17.0 Å². The van der Waals surface area contributed by atoms with Crippen molar-refractivity contribution < 1.29 is 9.84 Å². The van der Waals surface area contributed by atoms with Crippen LogP contribution in [-0.2, 0) is 6.54 Å². The number of rotatable bonds is 3. The van der Waals surface area contributed by atoms with Gasteiger partial charge in [0.2, 0.25) is 0 Å². The second-order valence-electron chi connectivity index (χ2n) is 6.65. The van der Waals surface area contributed by atoms with Crippen molar-refractivity contribution in [2.24, 2.45) is 5.41 Å². The van der Waals surface area contributed by atoms with Gasteiger partial charge in [-0.3, -0.25) is 9.88 Å². The number of nitrogens with zero attached hydrogens (tertiary/aromatic N) is 2. The summed E-state index contributed by atoms with van der Waals surface area (Å²) in [5, 5.41) is 11.3. The fourth-order valence-corrected chi connectivity index (χ4v) is 4.39. The Morgan fingerprint density at radius 1 is 1.25 bits per heavy atom. The summed E-state index contributed by atoms with van der Waals surface area (Å²) in [6.07, 6.45) is 3.23. The smallest absolute Gasteiger partial charge is 0.122 e. The van der Waals surface area contributed by atoms with Crippen LogP contribution in [0.3, 0.4) is 0 Å². The van der Waals surface area contributed by atoms with E-state index in [2.05, 4.69) is 16.0 Å². The Labute approximate surface area is 151 Å². The Bertz CT molecular complexity index is 750. The van der Waals surface area contributed by atoms with Crippen LogP contribution in [0.15, 0.2) is 36.7 Å². The standard InChI is InChI=1S/C18H18Cl2N2O2/c19-15-5-21-6-16(20)13(15)7-22-8-14-12-3-1-2-4-17(12)24-11-18(14,9-22)10-23/h1-6,14,23H,7-11H2/t14-,18-/m1/s1. The summed E-state index contributed by atoms with van der Waals surface area (Å²) in [7, 11) is 0.